The van der Waals surface area contributed by atoms with Crippen molar-refractivity contribution in [3.05, 3.63) is 81.8 Å². The van der Waals surface area contributed by atoms with Gasteiger partial charge in [-0.15, -0.1) is 0 Å². The number of amides is 1. The summed E-state index contributed by atoms with van der Waals surface area (Å²) in [5.41, 5.74) is 1.56. The van der Waals surface area contributed by atoms with Crippen molar-refractivity contribution in [2.24, 2.45) is 0 Å². The molecule has 0 bridgehead atoms. The van der Waals surface area contributed by atoms with Crippen LogP contribution in [0.25, 0.3) is 0 Å². The first-order chi connectivity index (χ1) is 12.5. The maximum absolute atomic E-state index is 12.9. The first-order valence-corrected chi connectivity index (χ1v) is 8.33. The van der Waals surface area contributed by atoms with E-state index < -0.39 is 5.91 Å². The van der Waals surface area contributed by atoms with Gasteiger partial charge in [0.15, 0.2) is 0 Å². The second kappa shape index (κ2) is 8.12. The van der Waals surface area contributed by atoms with Gasteiger partial charge in [0.25, 0.3) is 5.91 Å². The summed E-state index contributed by atoms with van der Waals surface area (Å²) in [5, 5.41) is 6.49. The third kappa shape index (κ3) is 4.68. The molecule has 1 aromatic heterocycles. The van der Waals surface area contributed by atoms with Crippen molar-refractivity contribution in [2.45, 2.75) is 6.54 Å². The van der Waals surface area contributed by atoms with Crippen molar-refractivity contribution in [2.75, 3.05) is 10.6 Å². The van der Waals surface area contributed by atoms with Crippen LogP contribution in [0.5, 0.6) is 0 Å². The van der Waals surface area contributed by atoms with E-state index in [-0.39, 0.29) is 11.4 Å². The van der Waals surface area contributed by atoms with Crippen LogP contribution in [0.15, 0.2) is 54.9 Å². The molecule has 0 saturated carbocycles. The largest absolute Gasteiger partial charge is 0.350 e. The molecule has 132 valence electrons. The van der Waals surface area contributed by atoms with Gasteiger partial charge in [0, 0.05) is 24.0 Å². The molecule has 8 heteroatoms. The minimum Gasteiger partial charge on any atom is -0.350 e. The highest BCUT2D eigenvalue weighted by Crippen LogP contribution is 2.25. The first kappa shape index (κ1) is 18.1. The molecular formula is C18H13Cl2FN4O. The molecule has 2 N–H and O–H groups in total. The van der Waals surface area contributed by atoms with E-state index in [0.29, 0.717) is 28.2 Å². The zero-order valence-electron chi connectivity index (χ0n) is 13.3. The maximum atomic E-state index is 12.9. The third-order valence-electron chi connectivity index (χ3n) is 3.45. The van der Waals surface area contributed by atoms with Gasteiger partial charge in [-0.05, 0) is 35.9 Å². The third-order valence-corrected chi connectivity index (χ3v) is 4.02. The van der Waals surface area contributed by atoms with E-state index in [0.717, 1.165) is 5.56 Å². The molecule has 0 spiro atoms. The fourth-order valence-corrected chi connectivity index (χ4v) is 2.44. The van der Waals surface area contributed by atoms with Gasteiger partial charge in [0.05, 0.1) is 16.3 Å². The van der Waals surface area contributed by atoms with Gasteiger partial charge >= 0.3 is 0 Å². The topological polar surface area (TPSA) is 66.9 Å². The highest BCUT2D eigenvalue weighted by Gasteiger charge is 2.10. The van der Waals surface area contributed by atoms with E-state index in [1.165, 1.54) is 24.5 Å². The van der Waals surface area contributed by atoms with Gasteiger partial charge in [-0.1, -0.05) is 35.3 Å². The van der Waals surface area contributed by atoms with Crippen LogP contribution in [-0.2, 0) is 6.54 Å². The highest BCUT2D eigenvalue weighted by atomic mass is 35.5. The number of hydrogen-bond donors (Lipinski definition) is 2. The van der Waals surface area contributed by atoms with Crippen LogP contribution in [0, 0.1) is 5.82 Å². The molecule has 26 heavy (non-hydrogen) atoms. The fraction of sp³-hybridized carbons (Fsp3) is 0.0556. The Bertz CT molecular complexity index is 917. The second-order valence-corrected chi connectivity index (χ2v) is 6.20. The molecule has 0 fully saturated rings. The molecule has 1 heterocycles. The summed E-state index contributed by atoms with van der Waals surface area (Å²) in [4.78, 5) is 20.4. The number of benzene rings is 2. The Morgan fingerprint density at radius 2 is 1.73 bits per heavy atom. The maximum Gasteiger partial charge on any atom is 0.258 e. The second-order valence-electron chi connectivity index (χ2n) is 5.35. The lowest BCUT2D eigenvalue weighted by molar-refractivity contribution is 0.102. The van der Waals surface area contributed by atoms with Crippen LogP contribution in [0.2, 0.25) is 10.0 Å². The smallest absolute Gasteiger partial charge is 0.258 e. The lowest BCUT2D eigenvalue weighted by Crippen LogP contribution is -2.13. The van der Waals surface area contributed by atoms with Crippen LogP contribution in [0.1, 0.15) is 15.9 Å². The average Bonchev–Trinajstić information content (AvgIpc) is 2.64. The summed E-state index contributed by atoms with van der Waals surface area (Å²) in [6.07, 6.45) is 2.79. The monoisotopic (exact) mass is 390 g/mol. The van der Waals surface area contributed by atoms with Crippen LogP contribution in [0.3, 0.4) is 0 Å². The molecule has 5 nitrogen and oxygen atoms in total. The van der Waals surface area contributed by atoms with Gasteiger partial charge in [0.1, 0.15) is 5.82 Å². The Kier molecular flexibility index (Phi) is 5.65. The molecular weight excluding hydrogens is 378 g/mol. The highest BCUT2D eigenvalue weighted by molar-refractivity contribution is 6.35. The standard InChI is InChI=1S/C18H13Cl2FN4O/c19-13-3-6-15(20)16(7-13)25-17(26)12-9-23-18(24-10-12)22-8-11-1-4-14(21)5-2-11/h1-7,9-10H,8H2,(H,25,26)(H,22,23,24). The summed E-state index contributed by atoms with van der Waals surface area (Å²) in [6.45, 7) is 0.434. The van der Waals surface area contributed by atoms with Crippen LogP contribution in [-0.4, -0.2) is 15.9 Å². The van der Waals surface area contributed by atoms with Crippen molar-refractivity contribution in [3.8, 4) is 0 Å². The molecule has 0 saturated heterocycles. The van der Waals surface area contributed by atoms with Gasteiger partial charge in [0.2, 0.25) is 5.95 Å². The van der Waals surface area contributed by atoms with E-state index in [1.807, 2.05) is 0 Å². The van der Waals surface area contributed by atoms with Gasteiger partial charge in [-0.2, -0.15) is 0 Å². The lowest BCUT2D eigenvalue weighted by Gasteiger charge is -2.08. The molecule has 0 aliphatic rings. The van der Waals surface area contributed by atoms with Crippen LogP contribution >= 0.6 is 23.2 Å². The number of anilines is 2. The van der Waals surface area contributed by atoms with Crippen molar-refractivity contribution in [1.29, 1.82) is 0 Å². The van der Waals surface area contributed by atoms with Gasteiger partial charge in [-0.25, -0.2) is 14.4 Å². The SMILES string of the molecule is O=C(Nc1cc(Cl)ccc1Cl)c1cnc(NCc2ccc(F)cc2)nc1. The van der Waals surface area contributed by atoms with Crippen LogP contribution < -0.4 is 10.6 Å². The van der Waals surface area contributed by atoms with E-state index in [9.17, 15) is 9.18 Å². The number of carbonyl (C=O) groups excluding carboxylic acids is 1. The zero-order chi connectivity index (χ0) is 18.5. The quantitative estimate of drug-likeness (QED) is 0.657. The Morgan fingerprint density at radius 3 is 2.42 bits per heavy atom. The van der Waals surface area contributed by atoms with Gasteiger partial charge in [-0.3, -0.25) is 4.79 Å². The number of carbonyl (C=O) groups is 1. The lowest BCUT2D eigenvalue weighted by atomic mass is 10.2. The Labute approximate surface area is 159 Å². The predicted octanol–water partition coefficient (Wildman–Crippen LogP) is 4.79. The van der Waals surface area contributed by atoms with E-state index >= 15 is 0 Å². The molecule has 0 aliphatic carbocycles. The molecule has 3 aromatic rings. The Balaban J connectivity index is 1.62. The van der Waals surface area contributed by atoms with E-state index in [1.54, 1.807) is 30.3 Å². The fourth-order valence-electron chi connectivity index (χ4n) is 2.11. The summed E-state index contributed by atoms with van der Waals surface area (Å²) >= 11 is 11.9. The number of aromatic nitrogens is 2. The summed E-state index contributed by atoms with van der Waals surface area (Å²) in [7, 11) is 0. The van der Waals surface area contributed by atoms with E-state index in [4.69, 9.17) is 23.2 Å². The molecule has 3 rings (SSSR count). The van der Waals surface area contributed by atoms with Crippen molar-refractivity contribution in [1.82, 2.24) is 9.97 Å². The molecule has 0 aliphatic heterocycles. The number of nitrogens with one attached hydrogen (secondary N) is 2. The molecule has 1 amide bonds. The minimum atomic E-state index is -0.403. The first-order valence-electron chi connectivity index (χ1n) is 7.58. The number of hydrogen-bond acceptors (Lipinski definition) is 4. The predicted molar refractivity (Wildman–Crippen MR) is 100 cm³/mol. The Morgan fingerprint density at radius 1 is 1.04 bits per heavy atom. The normalized spacial score (nSPS) is 10.4. The number of halogens is 3. The summed E-state index contributed by atoms with van der Waals surface area (Å²) < 4.78 is 12.9. The Hall–Kier alpha value is -2.70. The zero-order valence-corrected chi connectivity index (χ0v) is 14.9. The van der Waals surface area contributed by atoms with Crippen molar-refractivity contribution in [3.63, 3.8) is 0 Å². The van der Waals surface area contributed by atoms with E-state index in [2.05, 4.69) is 20.6 Å². The van der Waals surface area contributed by atoms with Crippen molar-refractivity contribution < 1.29 is 9.18 Å². The molecule has 0 unspecified atom stereocenters. The van der Waals surface area contributed by atoms with Gasteiger partial charge < -0.3 is 10.6 Å². The minimum absolute atomic E-state index is 0.272. The average molecular weight is 391 g/mol. The number of nitrogens with zero attached hydrogens (tertiary/aromatic N) is 2. The number of rotatable bonds is 5. The van der Waals surface area contributed by atoms with Crippen molar-refractivity contribution >= 4 is 40.7 Å². The molecule has 2 aromatic carbocycles. The summed E-state index contributed by atoms with van der Waals surface area (Å²) in [6, 6.07) is 10.9. The summed E-state index contributed by atoms with van der Waals surface area (Å²) in [5.74, 6) is -0.342. The van der Waals surface area contributed by atoms with Crippen LogP contribution in [0.4, 0.5) is 16.0 Å². The molecule has 0 radical (unpaired) electrons. The molecule has 0 atom stereocenters.